The van der Waals surface area contributed by atoms with Gasteiger partial charge in [0.25, 0.3) is 0 Å². The predicted molar refractivity (Wildman–Crippen MR) is 147 cm³/mol. The number of rotatable bonds is 3. The summed E-state index contributed by atoms with van der Waals surface area (Å²) >= 11 is 6.18. The molecule has 41 heavy (non-hydrogen) atoms. The number of pyridine rings is 1. The number of anilines is 1. The van der Waals surface area contributed by atoms with Crippen molar-refractivity contribution in [3.63, 3.8) is 0 Å². The van der Waals surface area contributed by atoms with E-state index in [9.17, 15) is 9.18 Å². The van der Waals surface area contributed by atoms with Crippen molar-refractivity contribution < 1.29 is 27.8 Å². The van der Waals surface area contributed by atoms with Gasteiger partial charge in [0.1, 0.15) is 35.1 Å². The van der Waals surface area contributed by atoms with E-state index in [1.807, 2.05) is 25.7 Å². The Balaban J connectivity index is 1.27. The van der Waals surface area contributed by atoms with E-state index in [4.69, 9.17) is 30.8 Å². The summed E-state index contributed by atoms with van der Waals surface area (Å²) in [6.45, 7) is 7.80. The Bertz CT molecular complexity index is 1390. The van der Waals surface area contributed by atoms with Gasteiger partial charge in [-0.05, 0) is 53.0 Å². The number of halogens is 3. The second-order valence-electron chi connectivity index (χ2n) is 13.0. The average Bonchev–Trinajstić information content (AvgIpc) is 3.53. The Labute approximate surface area is 242 Å². The third-order valence-corrected chi connectivity index (χ3v) is 9.48. The van der Waals surface area contributed by atoms with Gasteiger partial charge in [0.15, 0.2) is 11.0 Å². The van der Waals surface area contributed by atoms with Gasteiger partial charge in [-0.1, -0.05) is 11.6 Å². The van der Waals surface area contributed by atoms with Crippen LogP contribution in [-0.2, 0) is 4.74 Å². The fourth-order valence-corrected chi connectivity index (χ4v) is 7.77. The normalized spacial score (nSPS) is 31.0. The molecule has 2 bridgehead atoms. The molecule has 0 spiro atoms. The molecule has 4 saturated heterocycles. The minimum atomic E-state index is -0.899. The van der Waals surface area contributed by atoms with E-state index < -0.39 is 23.1 Å². The molecule has 5 aliphatic rings. The van der Waals surface area contributed by atoms with E-state index in [0.29, 0.717) is 43.7 Å². The van der Waals surface area contributed by atoms with E-state index in [-0.39, 0.29) is 53.4 Å². The first-order valence-corrected chi connectivity index (χ1v) is 14.9. The number of hydrogen-bond acceptors (Lipinski definition) is 9. The van der Waals surface area contributed by atoms with Gasteiger partial charge < -0.3 is 19.1 Å². The Morgan fingerprint density at radius 1 is 1.17 bits per heavy atom. The minimum absolute atomic E-state index is 0.00407. The molecule has 7 heterocycles. The molecule has 10 nitrogen and oxygen atoms in total. The lowest BCUT2D eigenvalue weighted by molar-refractivity contribution is 0.00636. The smallest absolute Gasteiger partial charge is 0.410 e. The zero-order valence-electron chi connectivity index (χ0n) is 23.5. The molecule has 5 atom stereocenters. The zero-order valence-corrected chi connectivity index (χ0v) is 24.3. The second-order valence-corrected chi connectivity index (χ2v) is 13.3. The van der Waals surface area contributed by atoms with Crippen LogP contribution in [-0.4, -0.2) is 99.1 Å². The van der Waals surface area contributed by atoms with E-state index in [0.717, 1.165) is 32.2 Å². The maximum atomic E-state index is 15.5. The summed E-state index contributed by atoms with van der Waals surface area (Å²) in [5, 5.41) is -0.00826. The van der Waals surface area contributed by atoms with Crippen LogP contribution >= 0.6 is 11.6 Å². The first-order valence-electron chi connectivity index (χ1n) is 14.5. The molecule has 2 aromatic heterocycles. The molecule has 0 saturated carbocycles. The molecular weight excluding hydrogens is 558 g/mol. The number of ether oxygens (including phenoxy) is 3. The third kappa shape index (κ3) is 4.52. The number of nitrogens with zero attached hydrogens (tertiary/aromatic N) is 6. The first-order chi connectivity index (χ1) is 19.5. The fraction of sp³-hybridized carbons (Fsp3) is 0.714. The molecular formula is C28H35ClF2N6O4. The van der Waals surface area contributed by atoms with Gasteiger partial charge in [-0.3, -0.25) is 9.80 Å². The van der Waals surface area contributed by atoms with E-state index in [2.05, 4.69) is 19.8 Å². The molecule has 222 valence electrons. The van der Waals surface area contributed by atoms with Crippen molar-refractivity contribution in [3.05, 3.63) is 11.0 Å². The third-order valence-electron chi connectivity index (χ3n) is 9.23. The van der Waals surface area contributed by atoms with Crippen molar-refractivity contribution in [2.24, 2.45) is 0 Å². The highest BCUT2D eigenvalue weighted by molar-refractivity contribution is 6.30. The van der Waals surface area contributed by atoms with Crippen LogP contribution in [0.1, 0.15) is 59.3 Å². The summed E-state index contributed by atoms with van der Waals surface area (Å²) in [7, 11) is 0. The van der Waals surface area contributed by atoms with E-state index in [1.165, 1.54) is 0 Å². The van der Waals surface area contributed by atoms with Crippen molar-refractivity contribution in [1.82, 2.24) is 24.8 Å². The molecule has 7 rings (SSSR count). The number of carbonyl (C=O) groups is 1. The lowest BCUT2D eigenvalue weighted by atomic mass is 9.95. The van der Waals surface area contributed by atoms with Crippen LogP contribution in [0.4, 0.5) is 19.4 Å². The van der Waals surface area contributed by atoms with Crippen LogP contribution in [0.3, 0.4) is 0 Å². The highest BCUT2D eigenvalue weighted by atomic mass is 35.5. The van der Waals surface area contributed by atoms with Crippen LogP contribution in [0.5, 0.6) is 11.9 Å². The predicted octanol–water partition coefficient (Wildman–Crippen LogP) is 4.51. The van der Waals surface area contributed by atoms with Crippen LogP contribution in [0.2, 0.25) is 5.15 Å². The molecule has 13 heteroatoms. The quantitative estimate of drug-likeness (QED) is 0.477. The van der Waals surface area contributed by atoms with Crippen LogP contribution in [0, 0.1) is 5.82 Å². The van der Waals surface area contributed by atoms with Gasteiger partial charge in [0.2, 0.25) is 5.88 Å². The summed E-state index contributed by atoms with van der Waals surface area (Å²) in [5.74, 6) is -0.158. The number of aromatic nitrogens is 3. The largest absolute Gasteiger partial charge is 0.477 e. The van der Waals surface area contributed by atoms with Gasteiger partial charge in [-0.25, -0.2) is 13.6 Å². The molecule has 0 unspecified atom stereocenters. The Morgan fingerprint density at radius 3 is 2.80 bits per heavy atom. The average molecular weight is 593 g/mol. The number of piperazine rings is 1. The topological polar surface area (TPSA) is 93.1 Å². The minimum Gasteiger partial charge on any atom is -0.477 e. The van der Waals surface area contributed by atoms with Gasteiger partial charge in [0.05, 0.1) is 30.3 Å². The number of carbonyl (C=O) groups excluding carboxylic acids is 1. The second kappa shape index (κ2) is 9.65. The van der Waals surface area contributed by atoms with Gasteiger partial charge >= 0.3 is 12.1 Å². The lowest BCUT2D eigenvalue weighted by Crippen LogP contribution is -2.62. The van der Waals surface area contributed by atoms with Crippen molar-refractivity contribution in [2.45, 2.75) is 94.7 Å². The summed E-state index contributed by atoms with van der Waals surface area (Å²) in [5.41, 5.74) is -1.05. The maximum absolute atomic E-state index is 15.5. The molecule has 4 fully saturated rings. The van der Waals surface area contributed by atoms with E-state index >= 15 is 4.39 Å². The fourth-order valence-electron chi connectivity index (χ4n) is 7.61. The molecule has 0 N–H and O–H groups in total. The van der Waals surface area contributed by atoms with Gasteiger partial charge in [-0.15, -0.1) is 0 Å². The number of amides is 1. The van der Waals surface area contributed by atoms with Crippen LogP contribution < -0.4 is 14.4 Å². The Hall–Kier alpha value is -2.73. The molecule has 5 aliphatic heterocycles. The van der Waals surface area contributed by atoms with Gasteiger partial charge in [0, 0.05) is 25.9 Å². The lowest BCUT2D eigenvalue weighted by Gasteiger charge is -2.48. The van der Waals surface area contributed by atoms with Crippen molar-refractivity contribution in [2.75, 3.05) is 37.7 Å². The molecule has 0 radical (unpaired) electrons. The summed E-state index contributed by atoms with van der Waals surface area (Å²) in [4.78, 5) is 32.9. The van der Waals surface area contributed by atoms with Gasteiger partial charge in [-0.2, -0.15) is 15.0 Å². The summed E-state index contributed by atoms with van der Waals surface area (Å²) in [6.07, 6.45) is 3.19. The zero-order chi connectivity index (χ0) is 28.7. The molecule has 0 aliphatic carbocycles. The SMILES string of the molecule is CC(C)(C)OC(=O)N1[C@@H]2CC[C@H]1[C@@H]1CCOc3nc(Cl)c(F)c4nc(OC[C@@]56CCCN5C[C@H](F)C6)nc(c34)N1C2. The number of hydrogen-bond donors (Lipinski definition) is 0. The van der Waals surface area contributed by atoms with Crippen LogP contribution in [0.15, 0.2) is 0 Å². The molecule has 0 aromatic carbocycles. The number of alkyl halides is 1. The van der Waals surface area contributed by atoms with E-state index in [1.54, 1.807) is 0 Å². The summed E-state index contributed by atoms with van der Waals surface area (Å²) in [6, 6.07) is -0.367. The maximum Gasteiger partial charge on any atom is 0.410 e. The monoisotopic (exact) mass is 592 g/mol. The van der Waals surface area contributed by atoms with Crippen molar-refractivity contribution in [3.8, 4) is 11.9 Å². The van der Waals surface area contributed by atoms with Crippen LogP contribution in [0.25, 0.3) is 10.9 Å². The highest BCUT2D eigenvalue weighted by Gasteiger charge is 2.52. The summed E-state index contributed by atoms with van der Waals surface area (Å²) < 4.78 is 47.8. The molecule has 1 amide bonds. The highest BCUT2D eigenvalue weighted by Crippen LogP contribution is 2.45. The molecule has 2 aromatic rings. The van der Waals surface area contributed by atoms with Crippen molar-refractivity contribution in [1.29, 1.82) is 0 Å². The number of fused-ring (bicyclic) bond motifs is 6. The standard InChI is InChI=1S/C28H35ClF2N6O4/c1-27(2,3)41-26(38)37-16-5-6-18(37)17-7-10-39-24-19-21(20(31)22(29)33-24)32-25(34-23(19)36(17)13-16)40-14-28-8-4-9-35(28)12-15(30)11-28/h15-18H,4-14H2,1-3H3/t15-,16-,17+,18+,28+/m1/s1. The Morgan fingerprint density at radius 2 is 2.00 bits per heavy atom. The van der Waals surface area contributed by atoms with Crippen molar-refractivity contribution >= 4 is 34.4 Å². The Kier molecular flexibility index (Phi) is 6.39. The first kappa shape index (κ1) is 27.1.